The highest BCUT2D eigenvalue weighted by Crippen LogP contribution is 2.62. The highest BCUT2D eigenvalue weighted by atomic mass is 35.5. The quantitative estimate of drug-likeness (QED) is 0.759. The van der Waals surface area contributed by atoms with Crippen molar-refractivity contribution in [3.63, 3.8) is 0 Å². The lowest BCUT2D eigenvalue weighted by molar-refractivity contribution is 0.531. The molecule has 2 aliphatic rings. The number of aromatic nitrogens is 3. The molecule has 2 fully saturated rings. The van der Waals surface area contributed by atoms with E-state index in [0.29, 0.717) is 17.8 Å². The van der Waals surface area contributed by atoms with Crippen LogP contribution in [0.4, 0.5) is 0 Å². The largest absolute Gasteiger partial charge is 0.311 e. The number of fused-ring (bicyclic) bond motifs is 1. The third-order valence-electron chi connectivity index (χ3n) is 4.13. The van der Waals surface area contributed by atoms with Gasteiger partial charge in [0.05, 0.1) is 5.88 Å². The minimum absolute atomic E-state index is 0.417. The second-order valence-electron chi connectivity index (χ2n) is 5.36. The van der Waals surface area contributed by atoms with Crippen LogP contribution in [0.15, 0.2) is 0 Å². The monoisotopic (exact) mass is 239 g/mol. The zero-order valence-electron chi connectivity index (χ0n) is 9.86. The lowest BCUT2D eigenvalue weighted by atomic mass is 10.1. The number of rotatable bonds is 3. The van der Waals surface area contributed by atoms with Crippen molar-refractivity contribution >= 4 is 11.6 Å². The third kappa shape index (κ3) is 1.41. The molecule has 1 aromatic heterocycles. The van der Waals surface area contributed by atoms with Crippen molar-refractivity contribution in [2.24, 2.45) is 11.8 Å². The molecule has 0 N–H and O–H groups in total. The second-order valence-corrected chi connectivity index (χ2v) is 5.62. The lowest BCUT2D eigenvalue weighted by Crippen LogP contribution is -2.10. The molecule has 0 saturated heterocycles. The smallest absolute Gasteiger partial charge is 0.148 e. The Balaban J connectivity index is 1.93. The van der Waals surface area contributed by atoms with E-state index in [1.165, 1.54) is 25.1 Å². The van der Waals surface area contributed by atoms with Gasteiger partial charge in [0.1, 0.15) is 11.6 Å². The SMILES string of the molecule is CC(C)n1c(CCl)nnc1C1C2CCCC21. The van der Waals surface area contributed by atoms with Crippen LogP contribution in [0.3, 0.4) is 0 Å². The van der Waals surface area contributed by atoms with E-state index in [-0.39, 0.29) is 0 Å². The standard InChI is InChI=1S/C12H18ClN3/c1-7(2)16-10(6-13)14-15-12(16)11-8-4-3-5-9(8)11/h7-9,11H,3-6H2,1-2H3. The average Bonchev–Trinajstić information content (AvgIpc) is 2.73. The number of hydrogen-bond donors (Lipinski definition) is 0. The molecular weight excluding hydrogens is 222 g/mol. The second kappa shape index (κ2) is 3.73. The molecule has 4 heteroatoms. The molecule has 0 aromatic carbocycles. The molecule has 0 aliphatic heterocycles. The normalized spacial score (nSPS) is 32.1. The van der Waals surface area contributed by atoms with Gasteiger partial charge in [0.2, 0.25) is 0 Å². The van der Waals surface area contributed by atoms with Gasteiger partial charge >= 0.3 is 0 Å². The van der Waals surface area contributed by atoms with E-state index in [1.807, 2.05) is 0 Å². The number of nitrogens with zero attached hydrogens (tertiary/aromatic N) is 3. The van der Waals surface area contributed by atoms with Crippen molar-refractivity contribution in [3.8, 4) is 0 Å². The van der Waals surface area contributed by atoms with E-state index >= 15 is 0 Å². The minimum atomic E-state index is 0.417. The Hall–Kier alpha value is -0.570. The van der Waals surface area contributed by atoms with Gasteiger partial charge in [0.25, 0.3) is 0 Å². The predicted octanol–water partition coefficient (Wildman–Crippen LogP) is 3.11. The van der Waals surface area contributed by atoms with E-state index in [9.17, 15) is 0 Å². The van der Waals surface area contributed by atoms with Crippen LogP contribution in [-0.2, 0) is 5.88 Å². The fourth-order valence-electron chi connectivity index (χ4n) is 3.42. The molecule has 2 atom stereocenters. The van der Waals surface area contributed by atoms with Crippen molar-refractivity contribution in [1.29, 1.82) is 0 Å². The maximum Gasteiger partial charge on any atom is 0.148 e. The van der Waals surface area contributed by atoms with Crippen LogP contribution >= 0.6 is 11.6 Å². The molecule has 16 heavy (non-hydrogen) atoms. The van der Waals surface area contributed by atoms with Gasteiger partial charge in [0.15, 0.2) is 0 Å². The Morgan fingerprint density at radius 3 is 2.56 bits per heavy atom. The molecule has 3 rings (SSSR count). The molecule has 0 amide bonds. The Morgan fingerprint density at radius 1 is 1.31 bits per heavy atom. The summed E-state index contributed by atoms with van der Waals surface area (Å²) in [5.41, 5.74) is 0. The van der Waals surface area contributed by atoms with Crippen LogP contribution in [0.5, 0.6) is 0 Å². The van der Waals surface area contributed by atoms with Crippen LogP contribution in [-0.4, -0.2) is 14.8 Å². The van der Waals surface area contributed by atoms with Crippen molar-refractivity contribution in [3.05, 3.63) is 11.6 Å². The fourth-order valence-corrected chi connectivity index (χ4v) is 3.61. The molecule has 88 valence electrons. The van der Waals surface area contributed by atoms with Crippen LogP contribution in [0, 0.1) is 11.8 Å². The molecular formula is C12H18ClN3. The van der Waals surface area contributed by atoms with Crippen molar-refractivity contribution in [2.45, 2.75) is 50.9 Å². The van der Waals surface area contributed by atoms with Gasteiger partial charge in [-0.2, -0.15) is 0 Å². The van der Waals surface area contributed by atoms with E-state index < -0.39 is 0 Å². The first-order chi connectivity index (χ1) is 7.74. The summed E-state index contributed by atoms with van der Waals surface area (Å²) in [6.45, 7) is 4.36. The van der Waals surface area contributed by atoms with Gasteiger partial charge in [-0.3, -0.25) is 0 Å². The van der Waals surface area contributed by atoms with Gasteiger partial charge in [0, 0.05) is 12.0 Å². The maximum absolute atomic E-state index is 5.91. The maximum atomic E-state index is 5.91. The Kier molecular flexibility index (Phi) is 2.46. The summed E-state index contributed by atoms with van der Waals surface area (Å²) in [5.74, 6) is 5.06. The topological polar surface area (TPSA) is 30.7 Å². The summed E-state index contributed by atoms with van der Waals surface area (Å²) in [5, 5.41) is 8.61. The number of hydrogen-bond acceptors (Lipinski definition) is 2. The van der Waals surface area contributed by atoms with Crippen LogP contribution in [0.25, 0.3) is 0 Å². The third-order valence-corrected chi connectivity index (χ3v) is 4.37. The summed E-state index contributed by atoms with van der Waals surface area (Å²) in [4.78, 5) is 0. The van der Waals surface area contributed by atoms with Crippen molar-refractivity contribution in [1.82, 2.24) is 14.8 Å². The summed E-state index contributed by atoms with van der Waals surface area (Å²) >= 11 is 5.91. The van der Waals surface area contributed by atoms with Gasteiger partial charge in [-0.15, -0.1) is 21.8 Å². The molecule has 3 nitrogen and oxygen atoms in total. The molecule has 1 heterocycles. The fraction of sp³-hybridized carbons (Fsp3) is 0.833. The number of halogens is 1. The van der Waals surface area contributed by atoms with Gasteiger partial charge in [-0.05, 0) is 38.5 Å². The first-order valence-electron chi connectivity index (χ1n) is 6.23. The zero-order valence-corrected chi connectivity index (χ0v) is 10.6. The Labute approximate surface area is 101 Å². The molecule has 2 saturated carbocycles. The van der Waals surface area contributed by atoms with Crippen LogP contribution in [0.2, 0.25) is 0 Å². The first-order valence-corrected chi connectivity index (χ1v) is 6.77. The van der Waals surface area contributed by atoms with Crippen LogP contribution in [0.1, 0.15) is 56.7 Å². The summed E-state index contributed by atoms with van der Waals surface area (Å²) in [6, 6.07) is 0.417. The molecule has 0 bridgehead atoms. The summed E-state index contributed by atoms with van der Waals surface area (Å²) in [7, 11) is 0. The van der Waals surface area contributed by atoms with Gasteiger partial charge in [-0.1, -0.05) is 6.42 Å². The van der Waals surface area contributed by atoms with Crippen LogP contribution < -0.4 is 0 Å². The molecule has 0 spiro atoms. The first kappa shape index (κ1) is 10.6. The Bertz CT molecular complexity index is 389. The average molecular weight is 240 g/mol. The van der Waals surface area contributed by atoms with Gasteiger partial charge in [-0.25, -0.2) is 0 Å². The van der Waals surface area contributed by atoms with Crippen molar-refractivity contribution < 1.29 is 0 Å². The summed E-state index contributed by atoms with van der Waals surface area (Å²) < 4.78 is 2.25. The summed E-state index contributed by atoms with van der Waals surface area (Å²) in [6.07, 6.45) is 4.18. The van der Waals surface area contributed by atoms with Crippen molar-refractivity contribution in [2.75, 3.05) is 0 Å². The minimum Gasteiger partial charge on any atom is -0.311 e. The van der Waals surface area contributed by atoms with E-state index in [2.05, 4.69) is 28.6 Å². The Morgan fingerprint density at radius 2 is 2.00 bits per heavy atom. The molecule has 1 aromatic rings. The van der Waals surface area contributed by atoms with E-state index in [0.717, 1.165) is 17.7 Å². The highest BCUT2D eigenvalue weighted by molar-refractivity contribution is 6.16. The highest BCUT2D eigenvalue weighted by Gasteiger charge is 2.55. The molecule has 2 unspecified atom stereocenters. The molecule has 0 radical (unpaired) electrons. The zero-order chi connectivity index (χ0) is 11.3. The van der Waals surface area contributed by atoms with Gasteiger partial charge < -0.3 is 4.57 Å². The number of alkyl halides is 1. The molecule has 2 aliphatic carbocycles. The lowest BCUT2D eigenvalue weighted by Gasteiger charge is -2.13. The predicted molar refractivity (Wildman–Crippen MR) is 63.5 cm³/mol. The van der Waals surface area contributed by atoms with E-state index in [1.54, 1.807) is 0 Å². The van der Waals surface area contributed by atoms with E-state index in [4.69, 9.17) is 11.6 Å².